The van der Waals surface area contributed by atoms with Crippen LogP contribution in [-0.2, 0) is 4.74 Å². The summed E-state index contributed by atoms with van der Waals surface area (Å²) in [6.07, 6.45) is -3.40. The zero-order chi connectivity index (χ0) is 31.5. The third kappa shape index (κ3) is 5.96. The first-order valence-electron chi connectivity index (χ1n) is 13.7. The Kier molecular flexibility index (Phi) is 6.51. The normalized spacial score (nSPS) is 21.2. The van der Waals surface area contributed by atoms with Crippen molar-refractivity contribution in [3.8, 4) is 0 Å². The molecule has 3 aromatic rings. The number of hydrogen-bond donors (Lipinski definition) is 3. The van der Waals surface area contributed by atoms with Crippen molar-refractivity contribution >= 4 is 23.0 Å². The first kappa shape index (κ1) is 26.1. The molecule has 2 atom stereocenters. The highest BCUT2D eigenvalue weighted by atomic mass is 19.4. The number of nitrogens with one attached hydrogen (secondary N) is 3. The van der Waals surface area contributed by atoms with Crippen molar-refractivity contribution < 1.29 is 43.6 Å². The second-order valence-corrected chi connectivity index (χ2v) is 10.6. The molecule has 1 aromatic carbocycles. The lowest BCUT2D eigenvalue weighted by atomic mass is 9.99. The van der Waals surface area contributed by atoms with E-state index in [0.717, 1.165) is 18.7 Å². The fourth-order valence-electron chi connectivity index (χ4n) is 4.50. The predicted molar refractivity (Wildman–Crippen MR) is 132 cm³/mol. The van der Waals surface area contributed by atoms with Gasteiger partial charge in [-0.15, -0.1) is 0 Å². The number of benzene rings is 1. The minimum atomic E-state index is -4.72. The van der Waals surface area contributed by atoms with E-state index in [1.807, 2.05) is 0 Å². The minimum absolute atomic E-state index is 0.0333. The summed E-state index contributed by atoms with van der Waals surface area (Å²) < 4.78 is 94.4. The number of aromatic amines is 1. The third-order valence-corrected chi connectivity index (χ3v) is 7.05. The molecule has 41 heavy (non-hydrogen) atoms. The molecule has 0 bridgehead atoms. The Labute approximate surface area is 232 Å². The summed E-state index contributed by atoms with van der Waals surface area (Å²) in [5.41, 5.74) is -1.45. The van der Waals surface area contributed by atoms with E-state index >= 15 is 0 Å². The molecule has 16 heteroatoms. The average molecular weight is 588 g/mol. The van der Waals surface area contributed by atoms with Crippen molar-refractivity contribution in [2.45, 2.75) is 63.4 Å². The topological polar surface area (TPSA) is 138 Å². The van der Waals surface area contributed by atoms with Gasteiger partial charge in [-0.3, -0.25) is 4.79 Å². The Hall–Kier alpha value is -3.82. The van der Waals surface area contributed by atoms with Gasteiger partial charge in [0.1, 0.15) is 17.6 Å². The van der Waals surface area contributed by atoms with Crippen LogP contribution >= 0.6 is 0 Å². The molecule has 11 nitrogen and oxygen atoms in total. The van der Waals surface area contributed by atoms with Crippen LogP contribution in [0.2, 0.25) is 0 Å². The Morgan fingerprint density at radius 3 is 2.68 bits per heavy atom. The summed E-state index contributed by atoms with van der Waals surface area (Å²) >= 11 is 0. The van der Waals surface area contributed by atoms with Gasteiger partial charge in [0, 0.05) is 0 Å². The van der Waals surface area contributed by atoms with Crippen LogP contribution in [-0.4, -0.2) is 74.5 Å². The largest absolute Gasteiger partial charge is 0.416 e. The highest BCUT2D eigenvalue weighted by Gasteiger charge is 2.49. The van der Waals surface area contributed by atoms with Crippen molar-refractivity contribution in [1.29, 1.82) is 0 Å². The summed E-state index contributed by atoms with van der Waals surface area (Å²) in [7, 11) is 0. The van der Waals surface area contributed by atoms with E-state index in [1.165, 1.54) is 6.92 Å². The molecule has 1 aliphatic carbocycles. The number of carbonyl (C=O) groups is 2. The first-order valence-corrected chi connectivity index (χ1v) is 12.7. The number of imidazole rings is 1. The molecule has 3 heterocycles. The Balaban J connectivity index is 1.46. The van der Waals surface area contributed by atoms with E-state index < -0.39 is 61.4 Å². The van der Waals surface area contributed by atoms with Crippen LogP contribution in [0.5, 0.6) is 0 Å². The fraction of sp³-hybridized carbons (Fsp3) is 0.560. The molecule has 1 saturated heterocycles. The molecule has 222 valence electrons. The van der Waals surface area contributed by atoms with E-state index in [4.69, 9.17) is 7.48 Å². The van der Waals surface area contributed by atoms with Crippen molar-refractivity contribution in [2.24, 2.45) is 5.92 Å². The van der Waals surface area contributed by atoms with Crippen LogP contribution in [0.1, 0.15) is 69.1 Å². The molecule has 2 aliphatic rings. The smallest absolute Gasteiger partial charge is 0.364 e. The number of H-pyrrole nitrogens is 1. The van der Waals surface area contributed by atoms with Crippen LogP contribution in [0.25, 0.3) is 11.0 Å². The van der Waals surface area contributed by atoms with Gasteiger partial charge in [-0.05, 0) is 62.4 Å². The van der Waals surface area contributed by atoms with Crippen molar-refractivity contribution in [2.75, 3.05) is 19.6 Å². The molecule has 5 rings (SSSR count). The van der Waals surface area contributed by atoms with Gasteiger partial charge < -0.3 is 25.3 Å². The predicted octanol–water partition coefficient (Wildman–Crippen LogP) is 4.19. The van der Waals surface area contributed by atoms with Gasteiger partial charge in [0.15, 0.2) is 11.3 Å². The second-order valence-electron chi connectivity index (χ2n) is 10.6. The van der Waals surface area contributed by atoms with E-state index in [2.05, 4.69) is 30.2 Å². The molecule has 3 N–H and O–H groups in total. The van der Waals surface area contributed by atoms with Crippen molar-refractivity contribution in [3.63, 3.8) is 0 Å². The van der Waals surface area contributed by atoms with Crippen LogP contribution in [0.3, 0.4) is 0 Å². The molecule has 1 aliphatic heterocycles. The molecule has 0 unspecified atom stereocenters. The lowest BCUT2D eigenvalue weighted by Gasteiger charge is -2.38. The number of amides is 3. The van der Waals surface area contributed by atoms with Gasteiger partial charge in [-0.25, -0.2) is 23.2 Å². The molecular formula is C25H28F5N7O4. The SMILES string of the molecule is [2H]C1([2H])NC(=O)N([C@@H](c2ccc3[nH]c([C@H](COC(C)(C)C(F)(F)F)NC(=O)c4nonc4C)nc3c2)C2CC2)CC1(F)F. The number of nitrogens with zero attached hydrogens (tertiary/aromatic N) is 4. The van der Waals surface area contributed by atoms with Crippen molar-refractivity contribution in [1.82, 2.24) is 35.8 Å². The van der Waals surface area contributed by atoms with Crippen LogP contribution in [0.4, 0.5) is 26.7 Å². The Morgan fingerprint density at radius 1 is 1.32 bits per heavy atom. The van der Waals surface area contributed by atoms with Gasteiger partial charge in [0.05, 0.1) is 39.5 Å². The van der Waals surface area contributed by atoms with Gasteiger partial charge in [0.25, 0.3) is 11.8 Å². The number of aromatic nitrogens is 4. The lowest BCUT2D eigenvalue weighted by molar-refractivity contribution is -0.265. The maximum atomic E-state index is 14.6. The number of urea groups is 1. The molecule has 0 radical (unpaired) electrons. The Morgan fingerprint density at radius 2 is 2.05 bits per heavy atom. The number of carbonyl (C=O) groups excluding carboxylic acids is 2. The van der Waals surface area contributed by atoms with Gasteiger partial charge >= 0.3 is 12.2 Å². The highest BCUT2D eigenvalue weighted by molar-refractivity contribution is 5.93. The fourth-order valence-corrected chi connectivity index (χ4v) is 4.50. The number of rotatable bonds is 9. The molecular weight excluding hydrogens is 557 g/mol. The highest BCUT2D eigenvalue weighted by Crippen LogP contribution is 2.46. The Bertz CT molecular complexity index is 1540. The third-order valence-electron chi connectivity index (χ3n) is 7.05. The molecule has 3 amide bonds. The molecule has 2 aromatic heterocycles. The summed E-state index contributed by atoms with van der Waals surface area (Å²) in [4.78, 5) is 33.9. The van der Waals surface area contributed by atoms with Gasteiger partial charge in [-0.2, -0.15) is 13.2 Å². The van der Waals surface area contributed by atoms with Gasteiger partial charge in [-0.1, -0.05) is 11.2 Å². The van der Waals surface area contributed by atoms with Crippen LogP contribution in [0, 0.1) is 12.8 Å². The summed E-state index contributed by atoms with van der Waals surface area (Å²) in [5, 5.41) is 11.3. The van der Waals surface area contributed by atoms with Gasteiger partial charge in [0.2, 0.25) is 0 Å². The molecule has 0 spiro atoms. The number of hydrogen-bond acceptors (Lipinski definition) is 7. The van der Waals surface area contributed by atoms with E-state index in [9.17, 15) is 31.5 Å². The zero-order valence-corrected chi connectivity index (χ0v) is 22.1. The molecule has 1 saturated carbocycles. The van der Waals surface area contributed by atoms with Crippen LogP contribution in [0.15, 0.2) is 22.8 Å². The van der Waals surface area contributed by atoms with Crippen molar-refractivity contribution in [3.05, 3.63) is 41.0 Å². The maximum absolute atomic E-state index is 14.6. The lowest BCUT2D eigenvalue weighted by Crippen LogP contribution is -2.58. The van der Waals surface area contributed by atoms with E-state index in [1.54, 1.807) is 23.5 Å². The van der Waals surface area contributed by atoms with E-state index in [-0.39, 0.29) is 28.6 Å². The maximum Gasteiger partial charge on any atom is 0.416 e. The summed E-state index contributed by atoms with van der Waals surface area (Å²) in [5.74, 6) is -4.77. The quantitative estimate of drug-likeness (QED) is 0.319. The number of alkyl halides is 5. The molecule has 2 fully saturated rings. The minimum Gasteiger partial charge on any atom is -0.364 e. The zero-order valence-electron chi connectivity index (χ0n) is 24.1. The number of ether oxygens (including phenoxy) is 1. The van der Waals surface area contributed by atoms with E-state index in [0.29, 0.717) is 23.9 Å². The van der Waals surface area contributed by atoms with Crippen LogP contribution < -0.4 is 10.6 Å². The first-order chi connectivity index (χ1) is 19.9. The standard InChI is InChI=1S/C25H28F5N7O4/c1-12-18(36-41-35-12)21(38)34-17(9-40-23(2,3)25(28,29)30)20-32-15-7-6-14(8-16(15)33-20)19(13-4-5-13)37-11-24(26,27)10-31-22(37)39/h6-8,13,17,19H,4-5,9-11H2,1-3H3,(H,31,39)(H,32,33)(H,34,38)/t17-,19+/m0/s1/i10D2. The average Bonchev–Trinajstić information content (AvgIpc) is 3.47. The summed E-state index contributed by atoms with van der Waals surface area (Å²) in [6, 6.07) is 1.72. The monoisotopic (exact) mass is 587 g/mol. The summed E-state index contributed by atoms with van der Waals surface area (Å²) in [6.45, 7) is -1.86. The second kappa shape index (κ2) is 10.2. The number of halogens is 5. The number of aryl methyl sites for hydroxylation is 1. The number of fused-ring (bicyclic) bond motifs is 1.